The molecule has 0 bridgehead atoms. The van der Waals surface area contributed by atoms with Crippen molar-refractivity contribution in [2.45, 2.75) is 18.6 Å². The van der Waals surface area contributed by atoms with E-state index >= 15 is 0 Å². The third kappa shape index (κ3) is 3.63. The number of alkyl halides is 3. The van der Waals surface area contributed by atoms with E-state index in [0.717, 1.165) is 17.4 Å². The number of hydrogen-bond donors (Lipinski definition) is 1. The highest BCUT2D eigenvalue weighted by Crippen LogP contribution is 2.34. The summed E-state index contributed by atoms with van der Waals surface area (Å²) in [5, 5.41) is 3.75. The first kappa shape index (κ1) is 16.4. The monoisotopic (exact) mass is 318 g/mol. The van der Waals surface area contributed by atoms with Gasteiger partial charge in [0.2, 0.25) is 0 Å². The van der Waals surface area contributed by atoms with E-state index in [0.29, 0.717) is 6.42 Å². The average molecular weight is 318 g/mol. The molecule has 2 rings (SSSR count). The van der Waals surface area contributed by atoms with Crippen LogP contribution in [0.4, 0.5) is 13.2 Å². The molecular weight excluding hydrogens is 301 g/mol. The van der Waals surface area contributed by atoms with Gasteiger partial charge in [0, 0.05) is 6.54 Å². The van der Waals surface area contributed by atoms with Gasteiger partial charge in [-0.05, 0) is 20.5 Å². The van der Waals surface area contributed by atoms with Crippen molar-refractivity contribution < 1.29 is 17.9 Å². The molecule has 0 saturated heterocycles. The van der Waals surface area contributed by atoms with Crippen LogP contribution in [0.5, 0.6) is 5.75 Å². The highest BCUT2D eigenvalue weighted by molar-refractivity contribution is 5.37. The molecule has 0 aliphatic rings. The summed E-state index contributed by atoms with van der Waals surface area (Å²) >= 11 is 0. The Morgan fingerprint density at radius 1 is 1.36 bits per heavy atom. The van der Waals surface area contributed by atoms with Crippen LogP contribution < -0.4 is 10.5 Å². The maximum atomic E-state index is 13.0. The van der Waals surface area contributed by atoms with Crippen molar-refractivity contribution >= 4 is 5.78 Å². The number of hydrogen-bond acceptors (Lipinski definition) is 6. The molecule has 7 nitrogen and oxygen atoms in total. The molecule has 10 heteroatoms. The van der Waals surface area contributed by atoms with Gasteiger partial charge >= 0.3 is 6.18 Å². The minimum atomic E-state index is -4.62. The zero-order chi connectivity index (χ0) is 16.3. The Morgan fingerprint density at radius 2 is 2.09 bits per heavy atom. The third-order valence-electron chi connectivity index (χ3n) is 2.96. The lowest BCUT2D eigenvalue weighted by molar-refractivity contribution is -0.150. The van der Waals surface area contributed by atoms with Crippen molar-refractivity contribution in [3.8, 4) is 5.75 Å². The fraction of sp³-hybridized carbons (Fsp3) is 0.583. The van der Waals surface area contributed by atoms with Crippen LogP contribution in [0.25, 0.3) is 5.78 Å². The van der Waals surface area contributed by atoms with Crippen molar-refractivity contribution in [3.63, 3.8) is 0 Å². The summed E-state index contributed by atoms with van der Waals surface area (Å²) in [6, 6.07) is -2.23. The summed E-state index contributed by atoms with van der Waals surface area (Å²) in [6.07, 6.45) is -1.66. The number of fused-ring (bicyclic) bond motifs is 1. The zero-order valence-electron chi connectivity index (χ0n) is 12.2. The molecule has 1 atom stereocenters. The van der Waals surface area contributed by atoms with Crippen molar-refractivity contribution in [2.24, 2.45) is 5.73 Å². The lowest BCUT2D eigenvalue weighted by Crippen LogP contribution is -2.31. The van der Waals surface area contributed by atoms with Crippen LogP contribution in [0.15, 0.2) is 12.5 Å². The Hall–Kier alpha value is -1.94. The number of rotatable bonds is 6. The van der Waals surface area contributed by atoms with Crippen molar-refractivity contribution in [1.29, 1.82) is 0 Å². The molecule has 122 valence electrons. The standard InChI is InChI=1S/C12H17F3N6O/c1-20(2)4-3-5-22-8-6-17-11-18-7-19-21(11)9(8)10(16)12(13,14)15/h6-7,10H,3-5,16H2,1-2H3. The normalized spacial score (nSPS) is 13.8. The van der Waals surface area contributed by atoms with Gasteiger partial charge in [0.15, 0.2) is 5.75 Å². The zero-order valence-corrected chi connectivity index (χ0v) is 12.2. The van der Waals surface area contributed by atoms with Gasteiger partial charge in [-0.25, -0.2) is 4.98 Å². The molecule has 22 heavy (non-hydrogen) atoms. The van der Waals surface area contributed by atoms with Crippen molar-refractivity contribution in [2.75, 3.05) is 27.2 Å². The van der Waals surface area contributed by atoms with Crippen molar-refractivity contribution in [1.82, 2.24) is 24.5 Å². The lowest BCUT2D eigenvalue weighted by atomic mass is 10.2. The van der Waals surface area contributed by atoms with Crippen LogP contribution in [-0.2, 0) is 0 Å². The number of aromatic nitrogens is 4. The largest absolute Gasteiger partial charge is 0.490 e. The van der Waals surface area contributed by atoms with Crippen molar-refractivity contribution in [3.05, 3.63) is 18.2 Å². The fourth-order valence-corrected chi connectivity index (χ4v) is 1.89. The SMILES string of the molecule is CN(C)CCCOc1cnc2ncnn2c1C(N)C(F)(F)F. The van der Waals surface area contributed by atoms with E-state index in [2.05, 4.69) is 15.1 Å². The van der Waals surface area contributed by atoms with Crippen LogP contribution in [-0.4, -0.2) is 57.9 Å². The first-order valence-corrected chi connectivity index (χ1v) is 6.59. The highest BCUT2D eigenvalue weighted by atomic mass is 19.4. The van der Waals surface area contributed by atoms with Gasteiger partial charge in [-0.3, -0.25) is 0 Å². The molecule has 0 fully saturated rings. The summed E-state index contributed by atoms with van der Waals surface area (Å²) in [5.41, 5.74) is 5.02. The molecule has 0 aromatic carbocycles. The predicted molar refractivity (Wildman–Crippen MR) is 72.4 cm³/mol. The first-order valence-electron chi connectivity index (χ1n) is 6.59. The van der Waals surface area contributed by atoms with Gasteiger partial charge in [0.05, 0.1) is 12.8 Å². The molecule has 0 aliphatic carbocycles. The van der Waals surface area contributed by atoms with Gasteiger partial charge in [-0.2, -0.15) is 27.8 Å². The van der Waals surface area contributed by atoms with Gasteiger partial charge in [0.25, 0.3) is 5.78 Å². The van der Waals surface area contributed by atoms with E-state index in [1.165, 1.54) is 6.20 Å². The average Bonchev–Trinajstić information content (AvgIpc) is 2.89. The van der Waals surface area contributed by atoms with Crippen LogP contribution in [0.3, 0.4) is 0 Å². The Labute approximate surface area is 124 Å². The summed E-state index contributed by atoms with van der Waals surface area (Å²) in [5.74, 6) is -0.00285. The van der Waals surface area contributed by atoms with E-state index in [1.54, 1.807) is 0 Å². The smallest absolute Gasteiger partial charge is 0.409 e. The quantitative estimate of drug-likeness (QED) is 0.801. The lowest BCUT2D eigenvalue weighted by Gasteiger charge is -2.19. The molecular formula is C12H17F3N6O. The molecule has 2 N–H and O–H groups in total. The Bertz CT molecular complexity index is 627. The Kier molecular flexibility index (Phi) is 4.81. The molecule has 0 radical (unpaired) electrons. The van der Waals surface area contributed by atoms with Gasteiger partial charge in [-0.1, -0.05) is 0 Å². The topological polar surface area (TPSA) is 81.6 Å². The van der Waals surface area contributed by atoms with Gasteiger partial charge in [-0.15, -0.1) is 0 Å². The number of nitrogens with zero attached hydrogens (tertiary/aromatic N) is 5. The maximum Gasteiger partial charge on any atom is 0.409 e. The molecule has 1 unspecified atom stereocenters. The molecule has 2 aromatic heterocycles. The van der Waals surface area contributed by atoms with E-state index in [4.69, 9.17) is 10.5 Å². The van der Waals surface area contributed by atoms with E-state index in [9.17, 15) is 13.2 Å². The van der Waals surface area contributed by atoms with Gasteiger partial charge in [0.1, 0.15) is 18.1 Å². The fourth-order valence-electron chi connectivity index (χ4n) is 1.89. The maximum absolute atomic E-state index is 13.0. The third-order valence-corrected chi connectivity index (χ3v) is 2.96. The summed E-state index contributed by atoms with van der Waals surface area (Å²) in [6.45, 7) is 0.997. The second-order valence-corrected chi connectivity index (χ2v) is 5.00. The van der Waals surface area contributed by atoms with Crippen LogP contribution in [0.1, 0.15) is 18.2 Å². The number of ether oxygens (including phenoxy) is 1. The predicted octanol–water partition coefficient (Wildman–Crippen LogP) is 1.02. The second kappa shape index (κ2) is 6.44. The molecule has 0 spiro atoms. The van der Waals surface area contributed by atoms with Gasteiger partial charge < -0.3 is 15.4 Å². The molecule has 0 amide bonds. The van der Waals surface area contributed by atoms with Crippen LogP contribution >= 0.6 is 0 Å². The highest BCUT2D eigenvalue weighted by Gasteiger charge is 2.41. The minimum Gasteiger partial charge on any atom is -0.490 e. The molecule has 0 aliphatic heterocycles. The summed E-state index contributed by atoms with van der Waals surface area (Å²) < 4.78 is 45.3. The summed E-state index contributed by atoms with van der Waals surface area (Å²) in [4.78, 5) is 9.62. The Morgan fingerprint density at radius 3 is 2.73 bits per heavy atom. The van der Waals surface area contributed by atoms with Crippen LogP contribution in [0.2, 0.25) is 0 Å². The van der Waals surface area contributed by atoms with E-state index in [-0.39, 0.29) is 23.8 Å². The van der Waals surface area contributed by atoms with E-state index in [1.807, 2.05) is 19.0 Å². The first-order chi connectivity index (χ1) is 10.3. The Balaban J connectivity index is 2.28. The van der Waals surface area contributed by atoms with E-state index < -0.39 is 12.2 Å². The molecule has 2 aromatic rings. The number of halogens is 3. The summed E-state index contributed by atoms with van der Waals surface area (Å²) in [7, 11) is 3.79. The number of nitrogens with two attached hydrogens (primary N) is 1. The van der Waals surface area contributed by atoms with Crippen LogP contribution in [0, 0.1) is 0 Å². The molecule has 0 saturated carbocycles. The minimum absolute atomic E-state index is 0.0374. The second-order valence-electron chi connectivity index (χ2n) is 5.00. The molecule has 2 heterocycles.